The second kappa shape index (κ2) is 12.1. The van der Waals surface area contributed by atoms with Crippen LogP contribution in [0.3, 0.4) is 0 Å². The highest BCUT2D eigenvalue weighted by Gasteiger charge is 2.05. The van der Waals surface area contributed by atoms with Crippen LogP contribution in [0.1, 0.15) is 30.4 Å². The summed E-state index contributed by atoms with van der Waals surface area (Å²) in [4.78, 5) is 8.35. The normalized spacial score (nSPS) is 12.2. The molecule has 4 nitrogen and oxygen atoms in total. The highest BCUT2D eigenvalue weighted by atomic mass is 127. The molecule has 1 aromatic heterocycles. The molecule has 1 atom stereocenters. The summed E-state index contributed by atoms with van der Waals surface area (Å²) in [5, 5.41) is 7.22. The van der Waals surface area contributed by atoms with Gasteiger partial charge >= 0.3 is 0 Å². The van der Waals surface area contributed by atoms with Gasteiger partial charge in [-0.15, -0.1) is 24.0 Å². The molecule has 0 saturated heterocycles. The molecule has 6 heteroatoms. The van der Waals surface area contributed by atoms with E-state index in [0.29, 0.717) is 11.1 Å². The van der Waals surface area contributed by atoms with Gasteiger partial charge in [-0.05, 0) is 36.0 Å². The topological polar surface area (TPSA) is 49.3 Å². The Hall–Kier alpha value is -1.34. The van der Waals surface area contributed by atoms with Gasteiger partial charge in [0.1, 0.15) is 5.15 Å². The molecular formula is C19H26ClIN4. The third-order valence-electron chi connectivity index (χ3n) is 3.96. The Balaban J connectivity index is 0.00000312. The fraction of sp³-hybridized carbons (Fsp3) is 0.368. The average molecular weight is 473 g/mol. The van der Waals surface area contributed by atoms with Crippen molar-refractivity contribution in [1.82, 2.24) is 15.6 Å². The first-order chi connectivity index (χ1) is 11.7. The summed E-state index contributed by atoms with van der Waals surface area (Å²) in [6.45, 7) is 3.94. The van der Waals surface area contributed by atoms with Crippen molar-refractivity contribution < 1.29 is 0 Å². The van der Waals surface area contributed by atoms with Gasteiger partial charge in [0.05, 0.1) is 0 Å². The van der Waals surface area contributed by atoms with Crippen LogP contribution in [0, 0.1) is 0 Å². The van der Waals surface area contributed by atoms with Crippen LogP contribution in [0.2, 0.25) is 5.15 Å². The van der Waals surface area contributed by atoms with E-state index in [9.17, 15) is 0 Å². The van der Waals surface area contributed by atoms with Crippen molar-refractivity contribution in [2.75, 3.05) is 20.1 Å². The highest BCUT2D eigenvalue weighted by Crippen LogP contribution is 2.17. The van der Waals surface area contributed by atoms with Gasteiger partial charge in [-0.1, -0.05) is 54.9 Å². The van der Waals surface area contributed by atoms with Crippen LogP contribution >= 0.6 is 35.6 Å². The van der Waals surface area contributed by atoms with Crippen LogP contribution in [-0.2, 0) is 6.42 Å². The van der Waals surface area contributed by atoms with Gasteiger partial charge in [-0.3, -0.25) is 4.99 Å². The molecule has 0 aliphatic heterocycles. The SMILES string of the molecule is CN=C(NCCc1ccc(Cl)nc1)NCCC(C)c1ccccc1.I. The van der Waals surface area contributed by atoms with E-state index in [2.05, 4.69) is 57.9 Å². The molecule has 0 aliphatic carbocycles. The molecule has 0 radical (unpaired) electrons. The first-order valence-electron chi connectivity index (χ1n) is 8.29. The fourth-order valence-electron chi connectivity index (χ4n) is 2.46. The minimum absolute atomic E-state index is 0. The van der Waals surface area contributed by atoms with Crippen molar-refractivity contribution >= 4 is 41.5 Å². The molecule has 0 fully saturated rings. The van der Waals surface area contributed by atoms with Crippen LogP contribution < -0.4 is 10.6 Å². The average Bonchev–Trinajstić information content (AvgIpc) is 2.62. The Morgan fingerprint density at radius 1 is 1.12 bits per heavy atom. The molecule has 2 rings (SSSR count). The number of hydrogen-bond donors (Lipinski definition) is 2. The molecule has 0 bridgehead atoms. The zero-order valence-electron chi connectivity index (χ0n) is 14.7. The lowest BCUT2D eigenvalue weighted by Crippen LogP contribution is -2.39. The number of rotatable bonds is 7. The number of hydrogen-bond acceptors (Lipinski definition) is 2. The van der Waals surface area contributed by atoms with E-state index in [1.54, 1.807) is 7.05 Å². The molecule has 0 spiro atoms. The van der Waals surface area contributed by atoms with Crippen LogP contribution in [0.25, 0.3) is 0 Å². The summed E-state index contributed by atoms with van der Waals surface area (Å²) < 4.78 is 0. The minimum Gasteiger partial charge on any atom is -0.356 e. The Morgan fingerprint density at radius 2 is 1.84 bits per heavy atom. The van der Waals surface area contributed by atoms with Crippen LogP contribution in [-0.4, -0.2) is 31.1 Å². The Labute approximate surface area is 172 Å². The largest absolute Gasteiger partial charge is 0.356 e. The first-order valence-corrected chi connectivity index (χ1v) is 8.66. The lowest BCUT2D eigenvalue weighted by molar-refractivity contribution is 0.651. The van der Waals surface area contributed by atoms with Crippen LogP contribution in [0.5, 0.6) is 0 Å². The maximum absolute atomic E-state index is 5.79. The van der Waals surface area contributed by atoms with Crippen molar-refractivity contribution in [2.45, 2.75) is 25.7 Å². The van der Waals surface area contributed by atoms with E-state index in [1.165, 1.54) is 5.56 Å². The zero-order valence-corrected chi connectivity index (χ0v) is 17.8. The molecule has 0 saturated carbocycles. The Kier molecular flexibility index (Phi) is 10.5. The monoisotopic (exact) mass is 472 g/mol. The maximum atomic E-state index is 5.79. The second-order valence-electron chi connectivity index (χ2n) is 5.77. The number of aromatic nitrogens is 1. The number of halogens is 2. The van der Waals surface area contributed by atoms with E-state index in [4.69, 9.17) is 11.6 Å². The number of aliphatic imine (C=N–C) groups is 1. The quantitative estimate of drug-likeness (QED) is 0.274. The van der Waals surface area contributed by atoms with Gasteiger partial charge in [0, 0.05) is 26.3 Å². The predicted octanol–water partition coefficient (Wildman–Crippen LogP) is 4.25. The third-order valence-corrected chi connectivity index (χ3v) is 4.18. The molecule has 136 valence electrons. The molecule has 1 unspecified atom stereocenters. The number of guanidine groups is 1. The van der Waals surface area contributed by atoms with Crippen molar-refractivity contribution in [3.05, 3.63) is 64.9 Å². The highest BCUT2D eigenvalue weighted by molar-refractivity contribution is 14.0. The zero-order chi connectivity index (χ0) is 17.2. The smallest absolute Gasteiger partial charge is 0.190 e. The van der Waals surface area contributed by atoms with Gasteiger partial charge in [-0.2, -0.15) is 0 Å². The molecule has 25 heavy (non-hydrogen) atoms. The summed E-state index contributed by atoms with van der Waals surface area (Å²) in [6, 6.07) is 14.4. The number of pyridine rings is 1. The summed E-state index contributed by atoms with van der Waals surface area (Å²) in [7, 11) is 1.79. The lowest BCUT2D eigenvalue weighted by atomic mass is 9.98. The molecule has 0 amide bonds. The van der Waals surface area contributed by atoms with E-state index in [0.717, 1.165) is 37.5 Å². The van der Waals surface area contributed by atoms with E-state index in [1.807, 2.05) is 18.3 Å². The summed E-state index contributed by atoms with van der Waals surface area (Å²) >= 11 is 5.79. The van der Waals surface area contributed by atoms with Gasteiger partial charge < -0.3 is 10.6 Å². The van der Waals surface area contributed by atoms with Crippen molar-refractivity contribution in [3.63, 3.8) is 0 Å². The molecule has 0 aliphatic rings. The number of benzene rings is 1. The Bertz CT molecular complexity index is 632. The van der Waals surface area contributed by atoms with E-state index >= 15 is 0 Å². The number of nitrogens with one attached hydrogen (secondary N) is 2. The van der Waals surface area contributed by atoms with Crippen LogP contribution in [0.15, 0.2) is 53.7 Å². The van der Waals surface area contributed by atoms with Crippen LogP contribution in [0.4, 0.5) is 0 Å². The standard InChI is InChI=1S/C19H25ClN4.HI/c1-15(17-6-4-3-5-7-17)10-12-22-19(21-2)23-13-11-16-8-9-18(20)24-14-16;/h3-9,14-15H,10-13H2,1-2H3,(H2,21,22,23);1H. The van der Waals surface area contributed by atoms with E-state index < -0.39 is 0 Å². The predicted molar refractivity (Wildman–Crippen MR) is 117 cm³/mol. The van der Waals surface area contributed by atoms with Gasteiger partial charge in [0.25, 0.3) is 0 Å². The van der Waals surface area contributed by atoms with Gasteiger partial charge in [0.15, 0.2) is 5.96 Å². The number of nitrogens with zero attached hydrogens (tertiary/aromatic N) is 2. The molecular weight excluding hydrogens is 447 g/mol. The summed E-state index contributed by atoms with van der Waals surface area (Å²) in [5.41, 5.74) is 2.53. The molecule has 1 heterocycles. The molecule has 2 N–H and O–H groups in total. The molecule has 2 aromatic rings. The maximum Gasteiger partial charge on any atom is 0.190 e. The third kappa shape index (κ3) is 8.05. The molecule has 1 aromatic carbocycles. The summed E-state index contributed by atoms with van der Waals surface area (Å²) in [6.07, 6.45) is 3.75. The summed E-state index contributed by atoms with van der Waals surface area (Å²) in [5.74, 6) is 1.36. The van der Waals surface area contributed by atoms with Crippen molar-refractivity contribution in [1.29, 1.82) is 0 Å². The minimum atomic E-state index is 0. The van der Waals surface area contributed by atoms with E-state index in [-0.39, 0.29) is 24.0 Å². The second-order valence-corrected chi connectivity index (χ2v) is 6.15. The van der Waals surface area contributed by atoms with Crippen molar-refractivity contribution in [2.24, 2.45) is 4.99 Å². The van der Waals surface area contributed by atoms with Gasteiger partial charge in [-0.25, -0.2) is 4.98 Å². The Morgan fingerprint density at radius 3 is 2.48 bits per heavy atom. The fourth-order valence-corrected chi connectivity index (χ4v) is 2.57. The van der Waals surface area contributed by atoms with Crippen molar-refractivity contribution in [3.8, 4) is 0 Å². The van der Waals surface area contributed by atoms with Gasteiger partial charge in [0.2, 0.25) is 0 Å². The lowest BCUT2D eigenvalue weighted by Gasteiger charge is -2.15. The first kappa shape index (κ1) is 21.7.